The first-order valence-electron chi connectivity index (χ1n) is 1.15. The van der Waals surface area contributed by atoms with Crippen molar-refractivity contribution in [1.82, 2.24) is 0 Å². The van der Waals surface area contributed by atoms with Crippen LogP contribution in [0.5, 0.6) is 0 Å². The van der Waals surface area contributed by atoms with E-state index in [0.29, 0.717) is 0 Å². The van der Waals surface area contributed by atoms with Crippen LogP contribution in [-0.2, 0) is 4.57 Å². The van der Waals surface area contributed by atoms with Gasteiger partial charge in [-0.05, 0) is 27.8 Å². The van der Waals surface area contributed by atoms with Crippen molar-refractivity contribution < 1.29 is 4.57 Å². The lowest BCUT2D eigenvalue weighted by molar-refractivity contribution is 0.597. The summed E-state index contributed by atoms with van der Waals surface area (Å²) < 4.78 is 12.5. The van der Waals surface area contributed by atoms with E-state index in [1.807, 2.05) is 0 Å². The van der Waals surface area contributed by atoms with E-state index in [1.165, 1.54) is 0 Å². The summed E-state index contributed by atoms with van der Waals surface area (Å²) in [6.07, 6.45) is 0. The highest BCUT2D eigenvalue weighted by atomic mass is 35.7. The molecule has 7 heavy (non-hydrogen) atoms. The third-order valence-corrected chi connectivity index (χ3v) is 1.14. The van der Waals surface area contributed by atoms with Crippen LogP contribution in [0.1, 0.15) is 0 Å². The van der Waals surface area contributed by atoms with Crippen molar-refractivity contribution >= 4 is 46.4 Å². The molecule has 0 spiro atoms. The molecule has 0 bridgehead atoms. The van der Waals surface area contributed by atoms with Crippen molar-refractivity contribution in [1.29, 1.82) is 0 Å². The van der Waals surface area contributed by atoms with Crippen LogP contribution in [0.3, 0.4) is 0 Å². The van der Waals surface area contributed by atoms with E-state index in [1.54, 1.807) is 0 Å². The quantitative estimate of drug-likeness (QED) is 0.449. The Kier molecular flexibility index (Phi) is 3.95. The van der Waals surface area contributed by atoms with Gasteiger partial charge in [0.2, 0.25) is 15.9 Å². The zero-order chi connectivity index (χ0) is 5.86. The molecule has 0 aliphatic heterocycles. The van der Waals surface area contributed by atoms with Crippen LogP contribution in [0, 0.1) is 0 Å². The van der Waals surface area contributed by atoms with Gasteiger partial charge in [-0.15, -0.1) is 0 Å². The molecule has 0 aromatic carbocycles. The molecule has 1 atom stereocenters. The maximum Gasteiger partial charge on any atom is 0.610 e. The Hall–Kier alpha value is 0.640. The second kappa shape index (κ2) is 3.62. The molecule has 0 aromatic heterocycles. The van der Waals surface area contributed by atoms with Crippen LogP contribution in [0.15, 0.2) is 4.76 Å². The zero-order valence-corrected chi connectivity index (χ0v) is 6.10. The van der Waals surface area contributed by atoms with Gasteiger partial charge >= 0.3 is 7.30 Å². The first-order valence-corrected chi connectivity index (χ1v) is 4.03. The molecule has 0 radical (unpaired) electrons. The monoisotopic (exact) mass is 178 g/mol. The number of rotatable bonds is 1. The molecular weight excluding hydrogens is 179 g/mol. The van der Waals surface area contributed by atoms with Gasteiger partial charge in [-0.1, -0.05) is 0 Å². The van der Waals surface area contributed by atoms with Gasteiger partial charge in [-0.3, -0.25) is 0 Å². The number of hydrogen-bond donors (Lipinski definition) is 0. The SMILES string of the molecule is O=[P+](Cl)N=C(Cl)Cl. The van der Waals surface area contributed by atoms with Crippen LogP contribution in [-0.4, -0.2) is 4.63 Å². The highest BCUT2D eigenvalue weighted by molar-refractivity contribution is 7.73. The molecule has 6 heteroatoms. The van der Waals surface area contributed by atoms with Gasteiger partial charge in [-0.25, -0.2) is 0 Å². The fraction of sp³-hybridized carbons (Fsp3) is 0. The molecule has 0 N–H and O–H groups in total. The Morgan fingerprint density at radius 2 is 2.00 bits per heavy atom. The smallest absolute Gasteiger partial charge is 0.0450 e. The summed E-state index contributed by atoms with van der Waals surface area (Å²) >= 11 is 14.7. The lowest BCUT2D eigenvalue weighted by atomic mass is 11.7. The van der Waals surface area contributed by atoms with Gasteiger partial charge in [0.1, 0.15) is 0 Å². The maximum absolute atomic E-state index is 9.81. The molecule has 1 unspecified atom stereocenters. The topological polar surface area (TPSA) is 29.4 Å². The molecule has 0 saturated heterocycles. The number of nitrogens with zero attached hydrogens (tertiary/aromatic N) is 1. The first kappa shape index (κ1) is 7.64. The predicted molar refractivity (Wildman–Crippen MR) is 32.6 cm³/mol. The predicted octanol–water partition coefficient (Wildman–Crippen LogP) is 2.72. The van der Waals surface area contributed by atoms with Crippen molar-refractivity contribution in [2.45, 2.75) is 0 Å². The van der Waals surface area contributed by atoms with E-state index in [9.17, 15) is 4.57 Å². The largest absolute Gasteiger partial charge is 0.610 e. The molecule has 0 aliphatic rings. The van der Waals surface area contributed by atoms with E-state index in [-0.39, 0.29) is 4.63 Å². The summed E-state index contributed by atoms with van der Waals surface area (Å²) in [5, 5.41) is 0. The minimum atomic E-state index is -2.09. The summed E-state index contributed by atoms with van der Waals surface area (Å²) in [7, 11) is -2.09. The molecular formula is CCl3NOP+. The van der Waals surface area contributed by atoms with Gasteiger partial charge in [0.05, 0.1) is 0 Å². The molecule has 0 amide bonds. The fourth-order valence-electron chi connectivity index (χ4n) is 0.0594. The molecule has 2 nitrogen and oxygen atoms in total. The molecule has 0 aliphatic carbocycles. The number of halogens is 3. The Morgan fingerprint density at radius 1 is 1.57 bits per heavy atom. The third-order valence-electron chi connectivity index (χ3n) is 0.154. The molecule has 0 fully saturated rings. The average Bonchev–Trinajstić information content (AvgIpc) is 1.27. The molecule has 0 aromatic rings. The zero-order valence-electron chi connectivity index (χ0n) is 2.94. The van der Waals surface area contributed by atoms with E-state index >= 15 is 0 Å². The lowest BCUT2D eigenvalue weighted by Gasteiger charge is -1.60. The van der Waals surface area contributed by atoms with Crippen LogP contribution in [0.4, 0.5) is 0 Å². The van der Waals surface area contributed by atoms with Crippen molar-refractivity contribution in [3.05, 3.63) is 0 Å². The summed E-state index contributed by atoms with van der Waals surface area (Å²) in [5.74, 6) is 0. The summed E-state index contributed by atoms with van der Waals surface area (Å²) in [6.45, 7) is 0. The molecule has 0 saturated carbocycles. The van der Waals surface area contributed by atoms with Crippen molar-refractivity contribution in [2.75, 3.05) is 0 Å². The minimum absolute atomic E-state index is 0.309. The van der Waals surface area contributed by atoms with E-state index in [4.69, 9.17) is 34.4 Å². The highest BCUT2D eigenvalue weighted by Gasteiger charge is 2.07. The minimum Gasteiger partial charge on any atom is -0.0450 e. The average molecular weight is 179 g/mol. The Morgan fingerprint density at radius 3 is 2.00 bits per heavy atom. The third kappa shape index (κ3) is 6.64. The maximum atomic E-state index is 9.81. The summed E-state index contributed by atoms with van der Waals surface area (Å²) in [5.41, 5.74) is 0. The lowest BCUT2D eigenvalue weighted by Crippen LogP contribution is -1.58. The second-order valence-corrected chi connectivity index (χ2v) is 3.00. The van der Waals surface area contributed by atoms with Crippen LogP contribution < -0.4 is 0 Å². The van der Waals surface area contributed by atoms with Gasteiger partial charge < -0.3 is 0 Å². The number of hydrogen-bond acceptors (Lipinski definition) is 1. The highest BCUT2D eigenvalue weighted by Crippen LogP contribution is 2.28. The summed E-state index contributed by atoms with van der Waals surface area (Å²) in [4.78, 5) is 0. The van der Waals surface area contributed by atoms with Gasteiger partial charge in [0, 0.05) is 4.76 Å². The van der Waals surface area contributed by atoms with Crippen LogP contribution in [0.25, 0.3) is 0 Å². The first-order chi connectivity index (χ1) is 3.13. The Labute approximate surface area is 56.1 Å². The van der Waals surface area contributed by atoms with Gasteiger partial charge in [0.15, 0.2) is 0 Å². The van der Waals surface area contributed by atoms with E-state index in [0.717, 1.165) is 0 Å². The Bertz CT molecular complexity index is 108. The van der Waals surface area contributed by atoms with Crippen molar-refractivity contribution in [2.24, 2.45) is 4.76 Å². The molecule has 0 rings (SSSR count). The van der Waals surface area contributed by atoms with E-state index in [2.05, 4.69) is 4.76 Å². The van der Waals surface area contributed by atoms with E-state index < -0.39 is 7.30 Å². The normalized spacial score (nSPS) is 10.4. The molecule has 0 heterocycles. The fourth-order valence-corrected chi connectivity index (χ4v) is 1.05. The van der Waals surface area contributed by atoms with Gasteiger partial charge in [-0.2, -0.15) is 0 Å². The van der Waals surface area contributed by atoms with Crippen molar-refractivity contribution in [3.8, 4) is 0 Å². The summed E-state index contributed by atoms with van der Waals surface area (Å²) in [6, 6.07) is 0. The Balaban J connectivity index is 3.68. The second-order valence-electron chi connectivity index (χ2n) is 0.567. The van der Waals surface area contributed by atoms with Crippen molar-refractivity contribution in [3.63, 3.8) is 0 Å². The van der Waals surface area contributed by atoms with Gasteiger partial charge in [0.25, 0.3) is 0 Å². The van der Waals surface area contributed by atoms with Crippen LogP contribution in [0.2, 0.25) is 0 Å². The standard InChI is InChI=1S/CCl3NOP/c2-1(3)5-7(4)6/q+1. The molecule has 40 valence electrons. The van der Waals surface area contributed by atoms with Crippen LogP contribution >= 0.6 is 41.7 Å².